The maximum Gasteiger partial charge on any atom is 0.290 e. The highest BCUT2D eigenvalue weighted by molar-refractivity contribution is 7.92. The minimum atomic E-state index is -3.95. The van der Waals surface area contributed by atoms with Gasteiger partial charge in [0.1, 0.15) is 22.6 Å². The monoisotopic (exact) mass is 336 g/mol. The Hall–Kier alpha value is -2.68. The van der Waals surface area contributed by atoms with E-state index in [0.29, 0.717) is 5.56 Å². The normalized spacial score (nSPS) is 11.8. The number of fused-ring (bicyclic) bond motifs is 1. The molecule has 0 saturated carbocycles. The number of rotatable bonds is 3. The van der Waals surface area contributed by atoms with Crippen LogP contribution in [0.2, 0.25) is 0 Å². The third kappa shape index (κ3) is 2.70. The summed E-state index contributed by atoms with van der Waals surface area (Å²) in [5, 5.41) is 3.81. The van der Waals surface area contributed by atoms with Crippen LogP contribution < -0.4 is 10.3 Å². The Morgan fingerprint density at radius 1 is 1.26 bits per heavy atom. The van der Waals surface area contributed by atoms with E-state index >= 15 is 0 Å². The predicted octanol–water partition coefficient (Wildman–Crippen LogP) is 1.28. The molecule has 3 rings (SSSR count). The van der Waals surface area contributed by atoms with E-state index in [4.69, 9.17) is 0 Å². The number of nitrogens with one attached hydrogen (secondary N) is 1. The summed E-state index contributed by atoms with van der Waals surface area (Å²) < 4.78 is 43.0. The number of hydrogen-bond donors (Lipinski definition) is 1. The third-order valence-electron chi connectivity index (χ3n) is 3.42. The number of aromatic nitrogens is 3. The zero-order valence-electron chi connectivity index (χ0n) is 12.3. The second-order valence-corrected chi connectivity index (χ2v) is 6.78. The number of aryl methyl sites for hydroxylation is 2. The number of benzene rings is 1. The van der Waals surface area contributed by atoms with Crippen LogP contribution in [0.25, 0.3) is 5.52 Å². The summed E-state index contributed by atoms with van der Waals surface area (Å²) in [6.07, 6.45) is 2.61. The van der Waals surface area contributed by atoms with E-state index in [0.717, 1.165) is 10.7 Å². The zero-order chi connectivity index (χ0) is 16.8. The highest BCUT2D eigenvalue weighted by atomic mass is 32.2. The maximum absolute atomic E-state index is 13.5. The summed E-state index contributed by atoms with van der Waals surface area (Å²) in [4.78, 5) is 11.8. The molecule has 1 aromatic carbocycles. The second-order valence-electron chi connectivity index (χ2n) is 5.10. The van der Waals surface area contributed by atoms with Gasteiger partial charge in [0.2, 0.25) is 0 Å². The lowest BCUT2D eigenvalue weighted by atomic mass is 10.2. The maximum atomic E-state index is 13.5. The van der Waals surface area contributed by atoms with Gasteiger partial charge in [0, 0.05) is 13.2 Å². The molecule has 1 N–H and O–H groups in total. The van der Waals surface area contributed by atoms with E-state index in [1.54, 1.807) is 6.92 Å². The van der Waals surface area contributed by atoms with Crippen LogP contribution in [0.3, 0.4) is 0 Å². The molecule has 0 fully saturated rings. The number of sulfonamides is 1. The summed E-state index contributed by atoms with van der Waals surface area (Å²) in [5.41, 5.74) is 0.278. The van der Waals surface area contributed by atoms with Crippen LogP contribution in [0.15, 0.2) is 46.5 Å². The van der Waals surface area contributed by atoms with Gasteiger partial charge in [0.05, 0.1) is 5.69 Å². The summed E-state index contributed by atoms with van der Waals surface area (Å²) in [5.74, 6) is -0.509. The fraction of sp³-hybridized carbons (Fsp3) is 0.143. The minimum absolute atomic E-state index is 0.106. The van der Waals surface area contributed by atoms with Gasteiger partial charge in [0.25, 0.3) is 15.6 Å². The molecule has 2 heterocycles. The van der Waals surface area contributed by atoms with E-state index in [2.05, 4.69) is 9.82 Å². The fourth-order valence-corrected chi connectivity index (χ4v) is 3.16. The van der Waals surface area contributed by atoms with E-state index in [1.165, 1.54) is 42.2 Å². The lowest BCUT2D eigenvalue weighted by molar-refractivity contribution is 0.601. The molecule has 120 valence electrons. The van der Waals surface area contributed by atoms with Gasteiger partial charge < -0.3 is 0 Å². The van der Waals surface area contributed by atoms with Gasteiger partial charge in [-0.25, -0.2) is 17.5 Å². The molecule has 7 nitrogen and oxygen atoms in total. The van der Waals surface area contributed by atoms with Crippen LogP contribution in [0.4, 0.5) is 10.1 Å². The highest BCUT2D eigenvalue weighted by Crippen LogP contribution is 2.19. The zero-order valence-corrected chi connectivity index (χ0v) is 13.1. The van der Waals surface area contributed by atoms with Crippen molar-refractivity contribution in [1.29, 1.82) is 0 Å². The topological polar surface area (TPSA) is 85.5 Å². The Morgan fingerprint density at radius 2 is 2.00 bits per heavy atom. The minimum Gasteiger partial charge on any atom is -0.300 e. The van der Waals surface area contributed by atoms with Gasteiger partial charge in [-0.3, -0.25) is 13.9 Å². The lowest BCUT2D eigenvalue weighted by Crippen LogP contribution is -2.20. The van der Waals surface area contributed by atoms with Crippen molar-refractivity contribution >= 4 is 21.2 Å². The van der Waals surface area contributed by atoms with E-state index in [9.17, 15) is 17.6 Å². The Bertz CT molecular complexity index is 1070. The molecular formula is C14H13FN4O3S. The third-order valence-corrected chi connectivity index (χ3v) is 4.77. The predicted molar refractivity (Wildman–Crippen MR) is 82.4 cm³/mol. The molecule has 0 amide bonds. The van der Waals surface area contributed by atoms with Crippen molar-refractivity contribution in [3.8, 4) is 0 Å². The molecule has 2 aromatic heterocycles. The van der Waals surface area contributed by atoms with Gasteiger partial charge in [-0.1, -0.05) is 6.07 Å². The van der Waals surface area contributed by atoms with Crippen LogP contribution in [-0.2, 0) is 17.1 Å². The second kappa shape index (κ2) is 5.20. The average molecular weight is 336 g/mol. The summed E-state index contributed by atoms with van der Waals surface area (Å²) in [6, 6.07) is 5.29. The van der Waals surface area contributed by atoms with Crippen molar-refractivity contribution in [3.63, 3.8) is 0 Å². The average Bonchev–Trinajstić information content (AvgIpc) is 2.92. The molecule has 0 spiro atoms. The molecule has 0 aliphatic rings. The SMILES string of the molecule is Cc1ccc(NS(=O)(=O)c2cc3c(=O)n(C)ncn3c2)cc1F. The number of anilines is 1. The van der Waals surface area contributed by atoms with Crippen molar-refractivity contribution in [3.05, 3.63) is 58.5 Å². The molecule has 0 unspecified atom stereocenters. The Morgan fingerprint density at radius 3 is 2.70 bits per heavy atom. The molecule has 23 heavy (non-hydrogen) atoms. The number of hydrogen-bond acceptors (Lipinski definition) is 4. The quantitative estimate of drug-likeness (QED) is 0.781. The van der Waals surface area contributed by atoms with Crippen LogP contribution in [0, 0.1) is 12.7 Å². The van der Waals surface area contributed by atoms with Gasteiger partial charge in [-0.15, -0.1) is 0 Å². The van der Waals surface area contributed by atoms with Crippen molar-refractivity contribution in [1.82, 2.24) is 14.2 Å². The Labute approximate surface area is 131 Å². The molecular weight excluding hydrogens is 323 g/mol. The standard InChI is InChI=1S/C14H13FN4O3S/c1-9-3-4-10(5-12(9)15)17-23(21,22)11-6-13-14(20)18(2)16-8-19(13)7-11/h3-8,17H,1-2H3. The van der Waals surface area contributed by atoms with E-state index < -0.39 is 21.4 Å². The molecule has 0 radical (unpaired) electrons. The van der Waals surface area contributed by atoms with Crippen molar-refractivity contribution in [2.75, 3.05) is 4.72 Å². The van der Waals surface area contributed by atoms with Crippen LogP contribution in [0.1, 0.15) is 5.56 Å². The van der Waals surface area contributed by atoms with Gasteiger partial charge in [-0.2, -0.15) is 5.10 Å². The molecule has 0 aliphatic carbocycles. The first-order chi connectivity index (χ1) is 10.8. The van der Waals surface area contributed by atoms with Gasteiger partial charge in [0.15, 0.2) is 0 Å². The molecule has 0 aliphatic heterocycles. The van der Waals surface area contributed by atoms with E-state index in [-0.39, 0.29) is 16.1 Å². The smallest absolute Gasteiger partial charge is 0.290 e. The Kier molecular flexibility index (Phi) is 3.44. The van der Waals surface area contributed by atoms with Crippen molar-refractivity contribution < 1.29 is 12.8 Å². The van der Waals surface area contributed by atoms with Crippen LogP contribution in [-0.4, -0.2) is 22.6 Å². The molecule has 0 saturated heterocycles. The van der Waals surface area contributed by atoms with Crippen molar-refractivity contribution in [2.24, 2.45) is 7.05 Å². The highest BCUT2D eigenvalue weighted by Gasteiger charge is 2.18. The summed E-state index contributed by atoms with van der Waals surface area (Å²) >= 11 is 0. The number of halogens is 1. The first-order valence-electron chi connectivity index (χ1n) is 6.61. The largest absolute Gasteiger partial charge is 0.300 e. The first-order valence-corrected chi connectivity index (χ1v) is 8.09. The fourth-order valence-electron chi connectivity index (χ4n) is 2.09. The van der Waals surface area contributed by atoms with Crippen LogP contribution in [0.5, 0.6) is 0 Å². The van der Waals surface area contributed by atoms with E-state index in [1.807, 2.05) is 0 Å². The first kappa shape index (κ1) is 15.2. The molecule has 3 aromatic rings. The summed E-state index contributed by atoms with van der Waals surface area (Å²) in [6.45, 7) is 1.58. The number of nitrogens with zero attached hydrogens (tertiary/aromatic N) is 3. The summed E-state index contributed by atoms with van der Waals surface area (Å²) in [7, 11) is -2.48. The molecule has 0 atom stereocenters. The lowest BCUT2D eigenvalue weighted by Gasteiger charge is -2.07. The molecule has 0 bridgehead atoms. The van der Waals surface area contributed by atoms with Gasteiger partial charge in [-0.05, 0) is 30.7 Å². The molecule has 9 heteroatoms. The van der Waals surface area contributed by atoms with Gasteiger partial charge >= 0.3 is 0 Å². The Balaban J connectivity index is 2.04. The van der Waals surface area contributed by atoms with Crippen LogP contribution >= 0.6 is 0 Å². The van der Waals surface area contributed by atoms with Crippen molar-refractivity contribution in [2.45, 2.75) is 11.8 Å².